The van der Waals surface area contributed by atoms with E-state index in [9.17, 15) is 37.1 Å². The van der Waals surface area contributed by atoms with Crippen molar-refractivity contribution in [1.82, 2.24) is 4.90 Å². The number of carboxylic acid groups (broad SMARTS) is 1. The number of carboxylic acids is 1. The molecule has 38 heavy (non-hydrogen) atoms. The van der Waals surface area contributed by atoms with Gasteiger partial charge in [-0.25, -0.2) is 4.39 Å². The van der Waals surface area contributed by atoms with Crippen molar-refractivity contribution < 1.29 is 37.1 Å². The second-order valence-corrected chi connectivity index (χ2v) is 11.6. The summed E-state index contributed by atoms with van der Waals surface area (Å²) in [6, 6.07) is 0.164. The molecule has 2 rings (SSSR count). The summed E-state index contributed by atoms with van der Waals surface area (Å²) in [5, 5.41) is 20.8. The van der Waals surface area contributed by atoms with Crippen LogP contribution in [0.5, 0.6) is 0 Å². The molecular weight excluding hydrogens is 530 g/mol. The molecule has 212 valence electrons. The van der Waals surface area contributed by atoms with Crippen LogP contribution in [0.3, 0.4) is 0 Å². The average molecular weight is 563 g/mol. The Morgan fingerprint density at radius 3 is 2.26 bits per heavy atom. The Hall–Kier alpha value is -2.53. The van der Waals surface area contributed by atoms with Gasteiger partial charge < -0.3 is 20.7 Å². The van der Waals surface area contributed by atoms with E-state index in [-0.39, 0.29) is 37.3 Å². The summed E-state index contributed by atoms with van der Waals surface area (Å²) >= 11 is 5.97. The number of ketones is 1. The maximum atomic E-state index is 14.3. The number of carbonyl (C=O) groups is 3. The zero-order valence-corrected chi connectivity index (χ0v) is 22.5. The SMILES string of the molecule is CC(C)(C)CN(CC(=O)c1c(F)cccc1Cl)C(=O)C(C=N)C([N-]C1CCC(C)(C(=O)O)CC1)C(F)(F)F. The van der Waals surface area contributed by atoms with Crippen LogP contribution in [0.1, 0.15) is 63.7 Å². The number of halogens is 5. The van der Waals surface area contributed by atoms with E-state index < -0.39 is 70.6 Å². The Bertz CT molecular complexity index is 1030. The molecule has 2 unspecified atom stereocenters. The zero-order chi connectivity index (χ0) is 29.1. The molecule has 1 aromatic rings. The molecule has 0 saturated heterocycles. The highest BCUT2D eigenvalue weighted by Crippen LogP contribution is 2.42. The molecule has 1 fully saturated rings. The van der Waals surface area contributed by atoms with E-state index in [1.807, 2.05) is 0 Å². The molecule has 0 aromatic heterocycles. The largest absolute Gasteiger partial charge is 0.648 e. The van der Waals surface area contributed by atoms with E-state index in [4.69, 9.17) is 17.0 Å². The number of hydrogen-bond acceptors (Lipinski definition) is 4. The van der Waals surface area contributed by atoms with Crippen molar-refractivity contribution in [3.05, 3.63) is 39.9 Å². The van der Waals surface area contributed by atoms with Crippen molar-refractivity contribution in [2.45, 2.75) is 71.6 Å². The summed E-state index contributed by atoms with van der Waals surface area (Å²) in [5.41, 5.74) is -2.20. The maximum absolute atomic E-state index is 14.3. The molecule has 1 aromatic carbocycles. The monoisotopic (exact) mass is 562 g/mol. The molecule has 2 atom stereocenters. The molecule has 1 aliphatic rings. The van der Waals surface area contributed by atoms with E-state index in [1.54, 1.807) is 20.8 Å². The lowest BCUT2D eigenvalue weighted by molar-refractivity contribution is -0.160. The third-order valence-corrected chi connectivity index (χ3v) is 6.95. The molecule has 2 N–H and O–H groups in total. The van der Waals surface area contributed by atoms with Crippen LogP contribution in [0.15, 0.2) is 18.2 Å². The van der Waals surface area contributed by atoms with Crippen LogP contribution in [0.25, 0.3) is 5.32 Å². The number of amides is 1. The van der Waals surface area contributed by atoms with Gasteiger partial charge in [0, 0.05) is 12.8 Å². The molecule has 1 aliphatic carbocycles. The minimum absolute atomic E-state index is 0.0876. The fourth-order valence-electron chi connectivity index (χ4n) is 4.52. The first-order valence-electron chi connectivity index (χ1n) is 12.2. The van der Waals surface area contributed by atoms with Crippen LogP contribution in [0.2, 0.25) is 5.02 Å². The Kier molecular flexibility index (Phi) is 10.1. The summed E-state index contributed by atoms with van der Waals surface area (Å²) in [5.74, 6) is -6.06. The molecule has 12 heteroatoms. The van der Waals surface area contributed by atoms with Gasteiger partial charge in [-0.05, 0) is 43.4 Å². The van der Waals surface area contributed by atoms with Crippen LogP contribution >= 0.6 is 11.6 Å². The standard InChI is InChI=1S/C26H33ClF4N3O4/c1-24(2,3)14-34(13-19(35)20-17(27)6-5-7-18(20)28)22(36)16(12-32)21(26(29,30)31)33-15-8-10-25(4,11-9-15)23(37)38/h5-7,12,15-16,21,32H,8-11,13-14H2,1-4H3,(H,37,38)/q-1. The van der Waals surface area contributed by atoms with Crippen LogP contribution in [-0.4, -0.2) is 65.2 Å². The lowest BCUT2D eigenvalue weighted by Crippen LogP contribution is -2.51. The number of alkyl halides is 3. The van der Waals surface area contributed by atoms with Gasteiger partial charge in [-0.1, -0.05) is 51.3 Å². The van der Waals surface area contributed by atoms with Crippen molar-refractivity contribution >= 4 is 35.5 Å². The minimum atomic E-state index is -4.99. The first kappa shape index (κ1) is 31.7. The van der Waals surface area contributed by atoms with Crippen molar-refractivity contribution in [3.8, 4) is 0 Å². The summed E-state index contributed by atoms with van der Waals surface area (Å²) in [6.45, 7) is 5.76. The van der Waals surface area contributed by atoms with E-state index in [0.717, 1.165) is 11.0 Å². The molecule has 0 aliphatic heterocycles. The highest BCUT2D eigenvalue weighted by Gasteiger charge is 2.44. The fourth-order valence-corrected chi connectivity index (χ4v) is 4.79. The van der Waals surface area contributed by atoms with Crippen LogP contribution < -0.4 is 0 Å². The fraction of sp³-hybridized carbons (Fsp3) is 0.615. The molecule has 0 heterocycles. The number of hydrogen-bond donors (Lipinski definition) is 2. The summed E-state index contributed by atoms with van der Waals surface area (Å²) in [7, 11) is 0. The lowest BCUT2D eigenvalue weighted by Gasteiger charge is -2.47. The van der Waals surface area contributed by atoms with Gasteiger partial charge in [-0.2, -0.15) is 13.2 Å². The highest BCUT2D eigenvalue weighted by atomic mass is 35.5. The van der Waals surface area contributed by atoms with Gasteiger partial charge in [-0.15, -0.1) is 6.04 Å². The average Bonchev–Trinajstić information content (AvgIpc) is 2.78. The lowest BCUT2D eigenvalue weighted by atomic mass is 9.74. The highest BCUT2D eigenvalue weighted by molar-refractivity contribution is 6.34. The van der Waals surface area contributed by atoms with Crippen LogP contribution in [0, 0.1) is 28.0 Å². The van der Waals surface area contributed by atoms with Crippen molar-refractivity contribution in [2.24, 2.45) is 16.7 Å². The van der Waals surface area contributed by atoms with Crippen molar-refractivity contribution in [2.75, 3.05) is 13.1 Å². The van der Waals surface area contributed by atoms with Crippen LogP contribution in [0.4, 0.5) is 17.6 Å². The van der Waals surface area contributed by atoms with E-state index in [1.165, 1.54) is 19.1 Å². The summed E-state index contributed by atoms with van der Waals surface area (Å²) in [4.78, 5) is 38.8. The maximum Gasteiger partial charge on any atom is 0.374 e. The second-order valence-electron chi connectivity index (χ2n) is 11.2. The Morgan fingerprint density at radius 2 is 1.82 bits per heavy atom. The predicted octanol–water partition coefficient (Wildman–Crippen LogP) is 6.14. The van der Waals surface area contributed by atoms with Gasteiger partial charge in [-0.3, -0.25) is 14.4 Å². The Labute approximate surface area is 224 Å². The van der Waals surface area contributed by atoms with Gasteiger partial charge in [0.2, 0.25) is 5.91 Å². The van der Waals surface area contributed by atoms with E-state index in [2.05, 4.69) is 5.32 Å². The number of Topliss-reactive ketones (excluding diaryl/α,β-unsaturated/α-hetero) is 1. The molecular formula is C26H33ClF4N3O4-. The first-order chi connectivity index (χ1) is 17.4. The van der Waals surface area contributed by atoms with Gasteiger partial charge in [0.15, 0.2) is 5.78 Å². The summed E-state index contributed by atoms with van der Waals surface area (Å²) in [6.07, 6.45) is -4.20. The zero-order valence-electron chi connectivity index (χ0n) is 21.7. The minimum Gasteiger partial charge on any atom is -0.648 e. The first-order valence-corrected chi connectivity index (χ1v) is 12.5. The number of rotatable bonds is 10. The number of aliphatic carboxylic acids is 1. The van der Waals surface area contributed by atoms with Gasteiger partial charge >= 0.3 is 12.1 Å². The van der Waals surface area contributed by atoms with Gasteiger partial charge in [0.1, 0.15) is 5.82 Å². The van der Waals surface area contributed by atoms with Gasteiger partial charge in [0.25, 0.3) is 0 Å². The Morgan fingerprint density at radius 1 is 1.24 bits per heavy atom. The van der Waals surface area contributed by atoms with Crippen LogP contribution in [-0.2, 0) is 9.59 Å². The number of carbonyl (C=O) groups excluding carboxylic acids is 2. The molecule has 7 nitrogen and oxygen atoms in total. The number of nitrogens with one attached hydrogen (secondary N) is 1. The summed E-state index contributed by atoms with van der Waals surface area (Å²) < 4.78 is 56.9. The molecule has 1 saturated carbocycles. The normalized spacial score (nSPS) is 21.9. The topological polar surface area (TPSA) is 113 Å². The van der Waals surface area contributed by atoms with E-state index >= 15 is 0 Å². The molecule has 0 spiro atoms. The smallest absolute Gasteiger partial charge is 0.374 e. The second kappa shape index (κ2) is 12.1. The van der Waals surface area contributed by atoms with Gasteiger partial charge in [0.05, 0.1) is 28.5 Å². The van der Waals surface area contributed by atoms with E-state index in [0.29, 0.717) is 6.21 Å². The molecule has 0 radical (unpaired) electrons. The predicted molar refractivity (Wildman–Crippen MR) is 135 cm³/mol. The van der Waals surface area contributed by atoms with Crippen molar-refractivity contribution in [1.29, 1.82) is 5.41 Å². The molecule has 1 amide bonds. The quantitative estimate of drug-likeness (QED) is 0.202. The van der Waals surface area contributed by atoms with Crippen molar-refractivity contribution in [3.63, 3.8) is 0 Å². The third-order valence-electron chi connectivity index (χ3n) is 6.64. The third kappa shape index (κ3) is 7.99. The number of benzene rings is 1. The molecule has 0 bridgehead atoms. The Balaban J connectivity index is 2.34. The number of nitrogens with zero attached hydrogens (tertiary/aromatic N) is 2.